The van der Waals surface area contributed by atoms with Crippen LogP contribution in [0, 0.1) is 5.41 Å². The molecule has 0 unspecified atom stereocenters. The molecule has 22 heavy (non-hydrogen) atoms. The Morgan fingerprint density at radius 1 is 0.955 bits per heavy atom. The highest BCUT2D eigenvalue weighted by molar-refractivity contribution is 5.89. The maximum atomic E-state index is 12.8. The van der Waals surface area contributed by atoms with E-state index >= 15 is 0 Å². The summed E-state index contributed by atoms with van der Waals surface area (Å²) in [7, 11) is 1.95. The van der Waals surface area contributed by atoms with E-state index in [0.29, 0.717) is 6.42 Å². The maximum absolute atomic E-state index is 12.8. The van der Waals surface area contributed by atoms with Crippen molar-refractivity contribution in [1.82, 2.24) is 4.90 Å². The van der Waals surface area contributed by atoms with Crippen LogP contribution in [0.25, 0.3) is 0 Å². The fraction of sp³-hybridized carbons (Fsp3) is 0.889. The lowest BCUT2D eigenvalue weighted by Crippen LogP contribution is -2.52. The van der Waals surface area contributed by atoms with Crippen molar-refractivity contribution in [2.24, 2.45) is 5.41 Å². The van der Waals surface area contributed by atoms with Gasteiger partial charge in [0.2, 0.25) is 0 Å². The normalized spacial score (nSPS) is 14.9. The molecule has 0 bridgehead atoms. The van der Waals surface area contributed by atoms with Gasteiger partial charge in [0.15, 0.2) is 5.78 Å². The quantitative estimate of drug-likeness (QED) is 0.724. The molecular weight excluding hydrogens is 278 g/mol. The predicted octanol–water partition coefficient (Wildman–Crippen LogP) is 3.82. The van der Waals surface area contributed by atoms with Gasteiger partial charge in [-0.15, -0.1) is 0 Å². The van der Waals surface area contributed by atoms with Crippen molar-refractivity contribution >= 4 is 11.8 Å². The highest BCUT2D eigenvalue weighted by Gasteiger charge is 2.36. The van der Waals surface area contributed by atoms with E-state index in [1.54, 1.807) is 0 Å². The molecule has 0 aromatic heterocycles. The Labute approximate surface area is 136 Å². The van der Waals surface area contributed by atoms with Crippen molar-refractivity contribution in [1.29, 1.82) is 0 Å². The maximum Gasteiger partial charge on any atom is 0.306 e. The smallest absolute Gasteiger partial charge is 0.306 e. The Morgan fingerprint density at radius 2 is 1.41 bits per heavy atom. The zero-order valence-electron chi connectivity index (χ0n) is 16.2. The van der Waals surface area contributed by atoms with Crippen molar-refractivity contribution in [3.63, 3.8) is 0 Å². The zero-order chi connectivity index (χ0) is 17.9. The summed E-state index contributed by atoms with van der Waals surface area (Å²) in [5.74, 6) is -0.0880. The van der Waals surface area contributed by atoms with Crippen molar-refractivity contribution < 1.29 is 14.3 Å². The van der Waals surface area contributed by atoms with E-state index in [4.69, 9.17) is 4.74 Å². The Hall–Kier alpha value is -0.900. The van der Waals surface area contributed by atoms with E-state index < -0.39 is 11.0 Å². The van der Waals surface area contributed by atoms with E-state index in [1.807, 2.05) is 48.6 Å². The van der Waals surface area contributed by atoms with Gasteiger partial charge in [0, 0.05) is 17.4 Å². The molecule has 0 saturated carbocycles. The summed E-state index contributed by atoms with van der Waals surface area (Å²) in [5.41, 5.74) is -1.06. The first-order chi connectivity index (χ1) is 9.55. The van der Waals surface area contributed by atoms with Crippen LogP contribution < -0.4 is 0 Å². The number of Topliss-reactive ketones (excluding diaryl/α,β-unsaturated/α-hetero) is 1. The number of nitrogens with zero attached hydrogens (tertiary/aromatic N) is 1. The first-order valence-electron chi connectivity index (χ1n) is 8.05. The van der Waals surface area contributed by atoms with Gasteiger partial charge in [-0.1, -0.05) is 20.8 Å². The molecule has 4 nitrogen and oxygen atoms in total. The van der Waals surface area contributed by atoms with Crippen LogP contribution >= 0.6 is 0 Å². The molecule has 0 fully saturated rings. The highest BCUT2D eigenvalue weighted by Crippen LogP contribution is 2.26. The van der Waals surface area contributed by atoms with Gasteiger partial charge in [-0.25, -0.2) is 0 Å². The van der Waals surface area contributed by atoms with Crippen LogP contribution in [0.2, 0.25) is 0 Å². The van der Waals surface area contributed by atoms with Gasteiger partial charge in [-0.2, -0.15) is 0 Å². The molecule has 0 radical (unpaired) electrons. The number of carbonyl (C=O) groups excluding carboxylic acids is 2. The number of ether oxygens (including phenoxy) is 1. The average Bonchev–Trinajstić information content (AvgIpc) is 2.23. The lowest BCUT2D eigenvalue weighted by atomic mass is 9.83. The van der Waals surface area contributed by atoms with Gasteiger partial charge < -0.3 is 4.74 Å². The number of esters is 1. The van der Waals surface area contributed by atoms with Gasteiger partial charge in [0.05, 0.1) is 6.04 Å². The van der Waals surface area contributed by atoms with E-state index in [2.05, 4.69) is 25.7 Å². The molecule has 0 amide bonds. The molecule has 0 saturated heterocycles. The predicted molar refractivity (Wildman–Crippen MR) is 90.8 cm³/mol. The molecule has 0 rings (SSSR count). The van der Waals surface area contributed by atoms with Gasteiger partial charge >= 0.3 is 5.97 Å². The van der Waals surface area contributed by atoms with Gasteiger partial charge in [0.25, 0.3) is 0 Å². The topological polar surface area (TPSA) is 46.6 Å². The second kappa shape index (κ2) is 7.12. The van der Waals surface area contributed by atoms with E-state index in [0.717, 1.165) is 0 Å². The van der Waals surface area contributed by atoms with Gasteiger partial charge in [-0.05, 0) is 55.0 Å². The molecule has 0 aromatic rings. The lowest BCUT2D eigenvalue weighted by Gasteiger charge is -2.40. The van der Waals surface area contributed by atoms with E-state index in [-0.39, 0.29) is 29.8 Å². The number of carbonyl (C=O) groups is 2. The van der Waals surface area contributed by atoms with Crippen molar-refractivity contribution in [3.05, 3.63) is 0 Å². The van der Waals surface area contributed by atoms with Crippen LogP contribution in [-0.4, -0.2) is 40.9 Å². The molecule has 0 N–H and O–H groups in total. The Balaban J connectivity index is 5.05. The minimum Gasteiger partial charge on any atom is -0.460 e. The van der Waals surface area contributed by atoms with Crippen LogP contribution in [0.15, 0.2) is 0 Å². The van der Waals surface area contributed by atoms with E-state index in [9.17, 15) is 9.59 Å². The number of hydrogen-bond acceptors (Lipinski definition) is 4. The fourth-order valence-corrected chi connectivity index (χ4v) is 2.12. The van der Waals surface area contributed by atoms with Crippen LogP contribution in [0.4, 0.5) is 0 Å². The molecule has 130 valence electrons. The largest absolute Gasteiger partial charge is 0.460 e. The molecule has 4 heteroatoms. The molecular formula is C18H35NO3. The third-order valence-corrected chi connectivity index (χ3v) is 3.61. The fourth-order valence-electron chi connectivity index (χ4n) is 2.12. The van der Waals surface area contributed by atoms with E-state index in [1.165, 1.54) is 0 Å². The summed E-state index contributed by atoms with van der Waals surface area (Å²) in [6, 6.07) is -0.285. The van der Waals surface area contributed by atoms with Crippen molar-refractivity contribution in [2.45, 2.75) is 92.3 Å². The molecule has 0 aliphatic heterocycles. The van der Waals surface area contributed by atoms with Crippen LogP contribution in [-0.2, 0) is 14.3 Å². The second-order valence-electron chi connectivity index (χ2n) is 9.04. The van der Waals surface area contributed by atoms with Crippen molar-refractivity contribution in [3.8, 4) is 0 Å². The number of likely N-dealkylation sites (N-methyl/N-ethyl adjacent to an activating group) is 1. The number of ketones is 1. The lowest BCUT2D eigenvalue weighted by molar-refractivity contribution is -0.155. The molecule has 0 aliphatic rings. The zero-order valence-corrected chi connectivity index (χ0v) is 16.2. The van der Waals surface area contributed by atoms with Crippen LogP contribution in [0.5, 0.6) is 0 Å². The molecule has 0 spiro atoms. The molecule has 1 atom stereocenters. The minimum atomic E-state index is -0.490. The molecule has 0 aliphatic carbocycles. The first-order valence-corrected chi connectivity index (χ1v) is 8.05. The summed E-state index contributed by atoms with van der Waals surface area (Å²) in [6.45, 7) is 17.5. The van der Waals surface area contributed by atoms with Gasteiger partial charge in [-0.3, -0.25) is 14.5 Å². The number of rotatable bonds is 5. The third kappa shape index (κ3) is 7.39. The summed E-state index contributed by atoms with van der Waals surface area (Å²) < 4.78 is 5.35. The number of hydrogen-bond donors (Lipinski definition) is 0. The SMILES string of the molecule is CN([C@@H](CCC(=O)OC(C)(C)C)C(=O)C(C)(C)C)C(C)(C)C. The summed E-state index contributed by atoms with van der Waals surface area (Å²) in [5, 5.41) is 0. The summed E-state index contributed by atoms with van der Waals surface area (Å²) in [4.78, 5) is 26.8. The first kappa shape index (κ1) is 21.1. The minimum absolute atomic E-state index is 0.139. The van der Waals surface area contributed by atoms with Crippen molar-refractivity contribution in [2.75, 3.05) is 7.05 Å². The second-order valence-corrected chi connectivity index (χ2v) is 9.04. The Bertz CT molecular complexity index is 394. The summed E-state index contributed by atoms with van der Waals surface area (Å²) >= 11 is 0. The van der Waals surface area contributed by atoms with Gasteiger partial charge in [0.1, 0.15) is 5.60 Å². The summed E-state index contributed by atoms with van der Waals surface area (Å²) in [6.07, 6.45) is 0.739. The average molecular weight is 313 g/mol. The Morgan fingerprint density at radius 3 is 1.73 bits per heavy atom. The monoisotopic (exact) mass is 313 g/mol. The molecule has 0 heterocycles. The highest BCUT2D eigenvalue weighted by atomic mass is 16.6. The third-order valence-electron chi connectivity index (χ3n) is 3.61. The molecule has 0 aromatic carbocycles. The van der Waals surface area contributed by atoms with Crippen LogP contribution in [0.1, 0.15) is 75.2 Å². The standard InChI is InChI=1S/C18H35NO3/c1-16(2,3)15(21)13(19(10)17(4,5)6)11-12-14(20)22-18(7,8)9/h13H,11-12H2,1-10H3/t13-/m0/s1. The Kier molecular flexibility index (Phi) is 6.83. The van der Waals surface area contributed by atoms with Crippen LogP contribution in [0.3, 0.4) is 0 Å².